The van der Waals surface area contributed by atoms with Gasteiger partial charge < -0.3 is 24.8 Å². The smallest absolute Gasteiger partial charge is 0.338 e. The number of ether oxygens (including phenoxy) is 3. The number of amides is 3. The molecule has 9 heteroatoms. The molecule has 3 amide bonds. The Morgan fingerprint density at radius 3 is 2.59 bits per heavy atom. The van der Waals surface area contributed by atoms with Crippen molar-refractivity contribution >= 4 is 23.6 Å². The van der Waals surface area contributed by atoms with Gasteiger partial charge in [-0.15, -0.1) is 0 Å². The highest BCUT2D eigenvalue weighted by atomic mass is 16.5. The lowest BCUT2D eigenvalue weighted by molar-refractivity contribution is -0.136. The van der Waals surface area contributed by atoms with Crippen LogP contribution in [0, 0.1) is 6.92 Å². The predicted molar refractivity (Wildman–Crippen MR) is 115 cm³/mol. The van der Waals surface area contributed by atoms with Gasteiger partial charge in [0, 0.05) is 6.07 Å². The quantitative estimate of drug-likeness (QED) is 0.673. The molecule has 0 fully saturated rings. The molecule has 2 aromatic carbocycles. The maximum atomic E-state index is 12.9. The minimum absolute atomic E-state index is 0.0664. The van der Waals surface area contributed by atoms with Crippen molar-refractivity contribution in [1.29, 1.82) is 0 Å². The second-order valence-corrected chi connectivity index (χ2v) is 7.43. The fourth-order valence-corrected chi connectivity index (χ4v) is 3.72. The number of anilines is 1. The minimum Gasteiger partial charge on any atom is -0.497 e. The summed E-state index contributed by atoms with van der Waals surface area (Å²) in [6, 6.07) is 11.4. The molecule has 0 spiro atoms. The van der Waals surface area contributed by atoms with Gasteiger partial charge in [0.1, 0.15) is 24.7 Å². The highest BCUT2D eigenvalue weighted by Crippen LogP contribution is 2.35. The van der Waals surface area contributed by atoms with Gasteiger partial charge in [0.25, 0.3) is 0 Å². The van der Waals surface area contributed by atoms with Crippen molar-refractivity contribution in [2.75, 3.05) is 32.7 Å². The molecule has 2 aromatic rings. The van der Waals surface area contributed by atoms with Gasteiger partial charge in [0.2, 0.25) is 5.91 Å². The summed E-state index contributed by atoms with van der Waals surface area (Å²) in [5, 5.41) is 5.55. The zero-order valence-electron chi connectivity index (χ0n) is 17.9. The summed E-state index contributed by atoms with van der Waals surface area (Å²) in [5.41, 5.74) is 2.99. The third-order valence-electron chi connectivity index (χ3n) is 5.39. The van der Waals surface area contributed by atoms with Crippen molar-refractivity contribution in [1.82, 2.24) is 10.2 Å². The van der Waals surface area contributed by atoms with Crippen LogP contribution in [0.25, 0.3) is 0 Å². The summed E-state index contributed by atoms with van der Waals surface area (Å²) in [6.45, 7) is 1.59. The van der Waals surface area contributed by atoms with Crippen LogP contribution < -0.4 is 20.1 Å². The van der Waals surface area contributed by atoms with Gasteiger partial charge >= 0.3 is 12.0 Å². The summed E-state index contributed by atoms with van der Waals surface area (Å²) in [4.78, 5) is 39.3. The molecule has 2 aliphatic heterocycles. The van der Waals surface area contributed by atoms with E-state index in [0.717, 1.165) is 11.1 Å². The number of benzene rings is 2. The normalized spacial score (nSPS) is 17.5. The van der Waals surface area contributed by atoms with E-state index in [2.05, 4.69) is 10.6 Å². The van der Waals surface area contributed by atoms with Crippen LogP contribution in [0.1, 0.15) is 17.2 Å². The average Bonchev–Trinajstić information content (AvgIpc) is 3.18. The summed E-state index contributed by atoms with van der Waals surface area (Å²) in [5.74, 6) is 0.0322. The van der Waals surface area contributed by atoms with Crippen LogP contribution in [-0.2, 0) is 14.3 Å². The zero-order chi connectivity index (χ0) is 22.8. The molecule has 0 saturated heterocycles. The number of rotatable bonds is 6. The van der Waals surface area contributed by atoms with Gasteiger partial charge in [-0.2, -0.15) is 0 Å². The molecule has 0 saturated carbocycles. The van der Waals surface area contributed by atoms with Crippen LogP contribution in [0.5, 0.6) is 11.5 Å². The standard InChI is InChI=1S/C23H23N3O6/c1-13-4-6-14(7-5-13)21-20-17(12-32-22(20)28)26(23(29)25-21)11-19(27)24-16-9-8-15(30-2)10-18(16)31-3/h4-10,21H,11-12H2,1-3H3,(H,24,27)(H,25,29)/t21-/m1/s1. The highest BCUT2D eigenvalue weighted by molar-refractivity contribution is 6.00. The summed E-state index contributed by atoms with van der Waals surface area (Å²) in [6.07, 6.45) is 0. The van der Waals surface area contributed by atoms with Gasteiger partial charge in [-0.1, -0.05) is 29.8 Å². The maximum Gasteiger partial charge on any atom is 0.338 e. The van der Waals surface area contributed by atoms with Crippen molar-refractivity contribution in [2.24, 2.45) is 0 Å². The molecule has 166 valence electrons. The Morgan fingerprint density at radius 1 is 1.16 bits per heavy atom. The first-order chi connectivity index (χ1) is 15.4. The molecule has 0 unspecified atom stereocenters. The Labute approximate surface area is 184 Å². The lowest BCUT2D eigenvalue weighted by atomic mass is 9.95. The number of carbonyl (C=O) groups is 3. The second kappa shape index (κ2) is 8.62. The molecule has 0 radical (unpaired) electrons. The molecule has 2 aliphatic rings. The van der Waals surface area contributed by atoms with Crippen molar-refractivity contribution in [3.63, 3.8) is 0 Å². The molecule has 2 N–H and O–H groups in total. The van der Waals surface area contributed by atoms with Crippen LogP contribution >= 0.6 is 0 Å². The topological polar surface area (TPSA) is 106 Å². The van der Waals surface area contributed by atoms with E-state index in [-0.39, 0.29) is 13.2 Å². The van der Waals surface area contributed by atoms with Gasteiger partial charge in [0.05, 0.1) is 37.2 Å². The Hall–Kier alpha value is -4.01. The summed E-state index contributed by atoms with van der Waals surface area (Å²) < 4.78 is 15.7. The SMILES string of the molecule is COc1ccc(NC(=O)CN2C(=O)N[C@H](c3ccc(C)cc3)C3=C2COC3=O)c(OC)c1. The minimum atomic E-state index is -0.630. The summed E-state index contributed by atoms with van der Waals surface area (Å²) >= 11 is 0. The van der Waals surface area contributed by atoms with Gasteiger partial charge in [-0.25, -0.2) is 9.59 Å². The Balaban J connectivity index is 1.57. The Kier molecular flexibility index (Phi) is 5.72. The molecule has 9 nitrogen and oxygen atoms in total. The molecule has 0 aromatic heterocycles. The van der Waals surface area contributed by atoms with Crippen LogP contribution in [0.15, 0.2) is 53.7 Å². The first-order valence-electron chi connectivity index (χ1n) is 9.98. The van der Waals surface area contributed by atoms with E-state index < -0.39 is 23.9 Å². The lowest BCUT2D eigenvalue weighted by Crippen LogP contribution is -2.49. The third kappa shape index (κ3) is 3.96. The van der Waals surface area contributed by atoms with E-state index in [1.807, 2.05) is 31.2 Å². The van der Waals surface area contributed by atoms with Gasteiger partial charge in [-0.05, 0) is 24.6 Å². The van der Waals surface area contributed by atoms with E-state index in [1.54, 1.807) is 18.2 Å². The molecule has 0 bridgehead atoms. The summed E-state index contributed by atoms with van der Waals surface area (Å²) in [7, 11) is 3.01. The predicted octanol–water partition coefficient (Wildman–Crippen LogP) is 2.53. The fraction of sp³-hybridized carbons (Fsp3) is 0.261. The van der Waals surface area contributed by atoms with E-state index in [1.165, 1.54) is 19.1 Å². The van der Waals surface area contributed by atoms with Gasteiger partial charge in [0.15, 0.2) is 0 Å². The molecular weight excluding hydrogens is 414 g/mol. The van der Waals surface area contributed by atoms with Crippen LogP contribution in [0.2, 0.25) is 0 Å². The monoisotopic (exact) mass is 437 g/mol. The Morgan fingerprint density at radius 2 is 1.91 bits per heavy atom. The number of hydrogen-bond acceptors (Lipinski definition) is 6. The van der Waals surface area contributed by atoms with E-state index in [9.17, 15) is 14.4 Å². The van der Waals surface area contributed by atoms with Crippen LogP contribution in [0.3, 0.4) is 0 Å². The average molecular weight is 437 g/mol. The van der Waals surface area contributed by atoms with Crippen LogP contribution in [0.4, 0.5) is 10.5 Å². The molecular formula is C23H23N3O6. The molecule has 2 heterocycles. The number of cyclic esters (lactones) is 1. The second-order valence-electron chi connectivity index (χ2n) is 7.43. The van der Waals surface area contributed by atoms with E-state index in [4.69, 9.17) is 14.2 Å². The molecule has 0 aliphatic carbocycles. The fourth-order valence-electron chi connectivity index (χ4n) is 3.72. The van der Waals surface area contributed by atoms with Crippen molar-refractivity contribution in [2.45, 2.75) is 13.0 Å². The zero-order valence-corrected chi connectivity index (χ0v) is 17.9. The molecule has 4 rings (SSSR count). The van der Waals surface area contributed by atoms with Gasteiger partial charge in [-0.3, -0.25) is 9.69 Å². The molecule has 32 heavy (non-hydrogen) atoms. The van der Waals surface area contributed by atoms with E-state index in [0.29, 0.717) is 28.5 Å². The maximum absolute atomic E-state index is 12.9. The highest BCUT2D eigenvalue weighted by Gasteiger charge is 2.42. The van der Waals surface area contributed by atoms with Crippen LogP contribution in [-0.4, -0.2) is 50.2 Å². The van der Waals surface area contributed by atoms with Crippen molar-refractivity contribution < 1.29 is 28.6 Å². The first kappa shape index (κ1) is 21.2. The van der Waals surface area contributed by atoms with E-state index >= 15 is 0 Å². The largest absolute Gasteiger partial charge is 0.497 e. The van der Waals surface area contributed by atoms with Crippen molar-refractivity contribution in [3.05, 3.63) is 64.9 Å². The first-order valence-corrected chi connectivity index (χ1v) is 9.98. The number of esters is 1. The number of nitrogens with zero attached hydrogens (tertiary/aromatic N) is 1. The third-order valence-corrected chi connectivity index (χ3v) is 5.39. The number of nitrogens with one attached hydrogen (secondary N) is 2. The lowest BCUT2D eigenvalue weighted by Gasteiger charge is -2.32. The number of aryl methyl sites for hydroxylation is 1. The number of hydrogen-bond donors (Lipinski definition) is 2. The Bertz CT molecular complexity index is 1110. The van der Waals surface area contributed by atoms with Crippen molar-refractivity contribution in [3.8, 4) is 11.5 Å². The number of carbonyl (C=O) groups excluding carboxylic acids is 3. The number of urea groups is 1. The molecule has 1 atom stereocenters. The number of methoxy groups -OCH3 is 2.